The Bertz CT molecular complexity index is 620. The molecule has 20 heavy (non-hydrogen) atoms. The number of halogens is 1. The molecule has 2 N–H and O–H groups in total. The molecular formula is C17H18ClNO. The van der Waals surface area contributed by atoms with Crippen LogP contribution in [0.4, 0.5) is 5.69 Å². The molecule has 0 amide bonds. The molecule has 0 spiro atoms. The standard InChI is InChI=1S/C17H18ClNO/c1-11-7-16(20)5-6-17(11)19-15-9-13(10-15)12-3-2-4-14(18)8-12/h2-8,13,15,19-20H,9-10H2,1H3. The fourth-order valence-electron chi connectivity index (χ4n) is 2.80. The Labute approximate surface area is 124 Å². The highest BCUT2D eigenvalue weighted by atomic mass is 35.5. The van der Waals surface area contributed by atoms with Crippen molar-refractivity contribution < 1.29 is 5.11 Å². The second kappa shape index (κ2) is 5.37. The molecule has 0 aliphatic heterocycles. The smallest absolute Gasteiger partial charge is 0.115 e. The zero-order valence-corrected chi connectivity index (χ0v) is 12.2. The zero-order chi connectivity index (χ0) is 14.1. The van der Waals surface area contributed by atoms with Crippen LogP contribution < -0.4 is 5.32 Å². The normalized spacial score (nSPS) is 21.3. The van der Waals surface area contributed by atoms with Gasteiger partial charge in [0.15, 0.2) is 0 Å². The van der Waals surface area contributed by atoms with Gasteiger partial charge in [-0.25, -0.2) is 0 Å². The van der Waals surface area contributed by atoms with E-state index >= 15 is 0 Å². The van der Waals surface area contributed by atoms with Crippen LogP contribution in [0.1, 0.15) is 29.9 Å². The summed E-state index contributed by atoms with van der Waals surface area (Å²) in [6.07, 6.45) is 2.25. The van der Waals surface area contributed by atoms with Gasteiger partial charge in [0.2, 0.25) is 0 Å². The van der Waals surface area contributed by atoms with Crippen LogP contribution in [-0.2, 0) is 0 Å². The molecule has 1 aliphatic rings. The molecule has 0 aromatic heterocycles. The number of hydrogen-bond acceptors (Lipinski definition) is 2. The molecular weight excluding hydrogens is 270 g/mol. The molecule has 0 atom stereocenters. The quantitative estimate of drug-likeness (QED) is 0.801. The van der Waals surface area contributed by atoms with Gasteiger partial charge in [0.05, 0.1) is 0 Å². The predicted molar refractivity (Wildman–Crippen MR) is 83.7 cm³/mol. The van der Waals surface area contributed by atoms with E-state index in [4.69, 9.17) is 11.6 Å². The van der Waals surface area contributed by atoms with Gasteiger partial charge in [-0.1, -0.05) is 23.7 Å². The minimum atomic E-state index is 0.318. The topological polar surface area (TPSA) is 32.3 Å². The van der Waals surface area contributed by atoms with Crippen LogP contribution >= 0.6 is 11.6 Å². The number of aromatic hydroxyl groups is 1. The number of nitrogens with one attached hydrogen (secondary N) is 1. The summed E-state index contributed by atoms with van der Waals surface area (Å²) in [4.78, 5) is 0. The maximum Gasteiger partial charge on any atom is 0.115 e. The van der Waals surface area contributed by atoms with Crippen molar-refractivity contribution >= 4 is 17.3 Å². The van der Waals surface area contributed by atoms with Crippen molar-refractivity contribution in [1.82, 2.24) is 0 Å². The highest BCUT2D eigenvalue weighted by molar-refractivity contribution is 6.30. The largest absolute Gasteiger partial charge is 0.508 e. The molecule has 2 aromatic rings. The van der Waals surface area contributed by atoms with E-state index in [1.165, 1.54) is 5.56 Å². The van der Waals surface area contributed by atoms with Crippen molar-refractivity contribution in [2.45, 2.75) is 31.7 Å². The minimum absolute atomic E-state index is 0.318. The summed E-state index contributed by atoms with van der Waals surface area (Å²) in [5.74, 6) is 0.919. The highest BCUT2D eigenvalue weighted by Crippen LogP contribution is 2.39. The third-order valence-electron chi connectivity index (χ3n) is 4.03. The van der Waals surface area contributed by atoms with Crippen LogP contribution in [0.15, 0.2) is 42.5 Å². The SMILES string of the molecule is Cc1cc(O)ccc1NC1CC(c2cccc(Cl)c2)C1. The van der Waals surface area contributed by atoms with Gasteiger partial charge in [0.1, 0.15) is 5.75 Å². The van der Waals surface area contributed by atoms with Crippen LogP contribution in [-0.4, -0.2) is 11.1 Å². The summed E-state index contributed by atoms with van der Waals surface area (Å²) in [6.45, 7) is 2.01. The Morgan fingerprint density at radius 1 is 1.15 bits per heavy atom. The van der Waals surface area contributed by atoms with Gasteiger partial charge in [-0.2, -0.15) is 0 Å². The number of phenolic OH excluding ortho intramolecular Hbond substituents is 1. The van der Waals surface area contributed by atoms with Crippen LogP contribution in [0.25, 0.3) is 0 Å². The highest BCUT2D eigenvalue weighted by Gasteiger charge is 2.30. The molecule has 0 radical (unpaired) electrons. The minimum Gasteiger partial charge on any atom is -0.508 e. The Morgan fingerprint density at radius 2 is 1.95 bits per heavy atom. The van der Waals surface area contributed by atoms with Crippen LogP contribution in [0.3, 0.4) is 0 Å². The molecule has 3 heteroatoms. The molecule has 3 rings (SSSR count). The average Bonchev–Trinajstić information content (AvgIpc) is 2.35. The van der Waals surface area contributed by atoms with E-state index in [0.29, 0.717) is 17.7 Å². The van der Waals surface area contributed by atoms with E-state index in [1.807, 2.05) is 25.1 Å². The number of aryl methyl sites for hydroxylation is 1. The van der Waals surface area contributed by atoms with Gasteiger partial charge < -0.3 is 10.4 Å². The second-order valence-corrected chi connectivity index (χ2v) is 6.00. The Balaban J connectivity index is 1.61. The van der Waals surface area contributed by atoms with E-state index in [9.17, 15) is 5.11 Å². The number of rotatable bonds is 3. The fraction of sp³-hybridized carbons (Fsp3) is 0.294. The predicted octanol–water partition coefficient (Wildman–Crippen LogP) is 4.71. The van der Waals surface area contributed by atoms with Crippen molar-refractivity contribution in [2.24, 2.45) is 0 Å². The van der Waals surface area contributed by atoms with Crippen molar-refractivity contribution in [1.29, 1.82) is 0 Å². The summed E-state index contributed by atoms with van der Waals surface area (Å²) in [7, 11) is 0. The van der Waals surface area contributed by atoms with Crippen molar-refractivity contribution in [3.8, 4) is 5.75 Å². The molecule has 0 unspecified atom stereocenters. The van der Waals surface area contributed by atoms with Crippen LogP contribution in [0.2, 0.25) is 5.02 Å². The molecule has 1 saturated carbocycles. The molecule has 0 bridgehead atoms. The summed E-state index contributed by atoms with van der Waals surface area (Å²) in [6, 6.07) is 14.1. The monoisotopic (exact) mass is 287 g/mol. The van der Waals surface area contributed by atoms with Crippen molar-refractivity contribution in [3.05, 3.63) is 58.6 Å². The van der Waals surface area contributed by atoms with Gasteiger partial charge in [0.25, 0.3) is 0 Å². The summed E-state index contributed by atoms with van der Waals surface area (Å²) in [5.41, 5.74) is 3.52. The first-order valence-corrected chi connectivity index (χ1v) is 7.31. The molecule has 2 nitrogen and oxygen atoms in total. The first kappa shape index (κ1) is 13.3. The first-order valence-electron chi connectivity index (χ1n) is 6.93. The van der Waals surface area contributed by atoms with Crippen LogP contribution in [0.5, 0.6) is 5.75 Å². The first-order chi connectivity index (χ1) is 9.61. The summed E-state index contributed by atoms with van der Waals surface area (Å²) < 4.78 is 0. The Kier molecular flexibility index (Phi) is 3.58. The lowest BCUT2D eigenvalue weighted by molar-refractivity contribution is 0.374. The molecule has 104 valence electrons. The van der Waals surface area contributed by atoms with Gasteiger partial charge in [-0.3, -0.25) is 0 Å². The number of benzene rings is 2. The lowest BCUT2D eigenvalue weighted by atomic mass is 9.76. The van der Waals surface area contributed by atoms with Gasteiger partial charge in [0, 0.05) is 16.8 Å². The molecule has 2 aromatic carbocycles. The van der Waals surface area contributed by atoms with E-state index in [1.54, 1.807) is 12.1 Å². The molecule has 1 fully saturated rings. The Hall–Kier alpha value is -1.67. The van der Waals surface area contributed by atoms with Gasteiger partial charge in [-0.15, -0.1) is 0 Å². The van der Waals surface area contributed by atoms with Crippen LogP contribution in [0, 0.1) is 6.92 Å². The zero-order valence-electron chi connectivity index (χ0n) is 11.4. The average molecular weight is 288 g/mol. The van der Waals surface area contributed by atoms with Crippen molar-refractivity contribution in [2.75, 3.05) is 5.32 Å². The van der Waals surface area contributed by atoms with Gasteiger partial charge in [-0.05, 0) is 67.1 Å². The lowest BCUT2D eigenvalue weighted by Crippen LogP contribution is -2.34. The maximum atomic E-state index is 9.42. The fourth-order valence-corrected chi connectivity index (χ4v) is 3.00. The Morgan fingerprint density at radius 3 is 2.65 bits per heavy atom. The molecule has 1 aliphatic carbocycles. The lowest BCUT2D eigenvalue weighted by Gasteiger charge is -2.37. The van der Waals surface area contributed by atoms with E-state index < -0.39 is 0 Å². The van der Waals surface area contributed by atoms with E-state index in [-0.39, 0.29) is 0 Å². The number of hydrogen-bond donors (Lipinski definition) is 2. The third kappa shape index (κ3) is 2.75. The van der Waals surface area contributed by atoms with E-state index in [0.717, 1.165) is 29.1 Å². The molecule has 0 saturated heterocycles. The van der Waals surface area contributed by atoms with Gasteiger partial charge >= 0.3 is 0 Å². The number of anilines is 1. The van der Waals surface area contributed by atoms with E-state index in [2.05, 4.69) is 17.4 Å². The third-order valence-corrected chi connectivity index (χ3v) is 4.26. The summed E-state index contributed by atoms with van der Waals surface area (Å²) in [5, 5.41) is 13.8. The summed E-state index contributed by atoms with van der Waals surface area (Å²) >= 11 is 6.03. The second-order valence-electron chi connectivity index (χ2n) is 5.56. The van der Waals surface area contributed by atoms with Crippen molar-refractivity contribution in [3.63, 3.8) is 0 Å². The molecule has 0 heterocycles. The maximum absolute atomic E-state index is 9.42. The number of phenols is 1.